The number of allylic oxidation sites excluding steroid dienone is 2. The topological polar surface area (TPSA) is 49.7 Å². The van der Waals surface area contributed by atoms with E-state index in [1.165, 1.54) is 180 Å². The Balaban J connectivity index is 4.64. The minimum atomic E-state index is 0.154. The zero-order valence-corrected chi connectivity index (χ0v) is 29.4. The lowest BCUT2D eigenvalue weighted by atomic mass is 9.99. The first kappa shape index (κ1) is 42.4. The van der Waals surface area contributed by atoms with E-state index >= 15 is 0 Å². The fourth-order valence-electron chi connectivity index (χ4n) is 6.21. The summed E-state index contributed by atoms with van der Waals surface area (Å²) in [5, 5.41) is 18.0. The van der Waals surface area contributed by atoms with Crippen molar-refractivity contribution in [1.82, 2.24) is 0 Å². The highest BCUT2D eigenvalue weighted by Gasteiger charge is 2.16. The predicted octanol–water partition coefficient (Wildman–Crippen LogP) is 12.6. The Kier molecular flexibility index (Phi) is 37.0. The highest BCUT2D eigenvalue weighted by molar-refractivity contribution is 4.81. The average Bonchev–Trinajstić information content (AvgIpc) is 3.01. The lowest BCUT2D eigenvalue weighted by Gasteiger charge is -2.26. The lowest BCUT2D eigenvalue weighted by molar-refractivity contribution is -0.0323. The average molecular weight is 607 g/mol. The van der Waals surface area contributed by atoms with E-state index in [0.29, 0.717) is 12.2 Å². The third-order valence-corrected chi connectivity index (χ3v) is 8.98. The van der Waals surface area contributed by atoms with Gasteiger partial charge in [0.15, 0.2) is 0 Å². The van der Waals surface area contributed by atoms with E-state index in [1.54, 1.807) is 0 Å². The molecule has 0 rings (SSSR count). The van der Waals surface area contributed by atoms with Crippen molar-refractivity contribution in [3.8, 4) is 0 Å². The molecule has 2 atom stereocenters. The van der Waals surface area contributed by atoms with Crippen LogP contribution in [-0.2, 0) is 4.74 Å². The Morgan fingerprint density at radius 3 is 0.953 bits per heavy atom. The molecule has 0 aliphatic rings. The number of hydrogen-bond donors (Lipinski definition) is 2. The van der Waals surface area contributed by atoms with Crippen LogP contribution in [0, 0.1) is 0 Å². The van der Waals surface area contributed by atoms with Gasteiger partial charge in [0.05, 0.1) is 25.4 Å². The summed E-state index contributed by atoms with van der Waals surface area (Å²) in [5.74, 6) is 0. The molecule has 0 aromatic carbocycles. The van der Waals surface area contributed by atoms with Crippen LogP contribution in [0.4, 0.5) is 0 Å². The predicted molar refractivity (Wildman–Crippen MR) is 191 cm³/mol. The molecule has 3 heteroatoms. The van der Waals surface area contributed by atoms with Crippen LogP contribution in [0.5, 0.6) is 0 Å². The van der Waals surface area contributed by atoms with Crippen molar-refractivity contribution < 1.29 is 14.9 Å². The summed E-state index contributed by atoms with van der Waals surface area (Å²) in [4.78, 5) is 0. The van der Waals surface area contributed by atoms with Crippen LogP contribution >= 0.6 is 0 Å². The summed E-state index contributed by atoms with van der Waals surface area (Å²) in [5.41, 5.74) is 0. The van der Waals surface area contributed by atoms with Gasteiger partial charge in [-0.25, -0.2) is 0 Å². The van der Waals surface area contributed by atoms with Gasteiger partial charge in [-0.15, -0.1) is 0 Å². The fourth-order valence-corrected chi connectivity index (χ4v) is 6.21. The van der Waals surface area contributed by atoms with Gasteiger partial charge in [0.1, 0.15) is 0 Å². The quantitative estimate of drug-likeness (QED) is 0.0551. The minimum Gasteiger partial charge on any atom is -0.392 e. The van der Waals surface area contributed by atoms with Crippen molar-refractivity contribution in [3.05, 3.63) is 24.3 Å². The second-order valence-corrected chi connectivity index (χ2v) is 13.2. The molecular formula is C40H78O3. The first-order valence-corrected chi connectivity index (χ1v) is 19.5. The SMILES string of the molecule is CCCCCCCCCCCCC(CCCCC=CCO)OC(CCCCC=CCO)CCCCCCCCCCCC. The summed E-state index contributed by atoms with van der Waals surface area (Å²) in [7, 11) is 0. The lowest BCUT2D eigenvalue weighted by Crippen LogP contribution is -2.23. The van der Waals surface area contributed by atoms with Gasteiger partial charge in [-0.2, -0.15) is 0 Å². The van der Waals surface area contributed by atoms with Gasteiger partial charge in [0.2, 0.25) is 0 Å². The molecule has 0 heterocycles. The van der Waals surface area contributed by atoms with Crippen LogP contribution in [0.15, 0.2) is 24.3 Å². The molecule has 2 N–H and O–H groups in total. The van der Waals surface area contributed by atoms with Crippen molar-refractivity contribution in [2.45, 2.75) is 219 Å². The van der Waals surface area contributed by atoms with Crippen molar-refractivity contribution in [1.29, 1.82) is 0 Å². The summed E-state index contributed by atoms with van der Waals surface area (Å²) in [6.07, 6.45) is 48.3. The molecule has 43 heavy (non-hydrogen) atoms. The molecule has 2 unspecified atom stereocenters. The molecule has 0 aromatic rings. The third-order valence-electron chi connectivity index (χ3n) is 8.98. The van der Waals surface area contributed by atoms with Crippen LogP contribution in [0.1, 0.15) is 206 Å². The zero-order valence-electron chi connectivity index (χ0n) is 29.4. The Bertz CT molecular complexity index is 510. The van der Waals surface area contributed by atoms with Gasteiger partial charge in [-0.05, 0) is 51.4 Å². The molecule has 0 aliphatic carbocycles. The van der Waals surface area contributed by atoms with Gasteiger partial charge >= 0.3 is 0 Å². The monoisotopic (exact) mass is 607 g/mol. The summed E-state index contributed by atoms with van der Waals surface area (Å²) in [6.45, 7) is 4.90. The Morgan fingerprint density at radius 2 is 0.651 bits per heavy atom. The zero-order chi connectivity index (χ0) is 31.3. The van der Waals surface area contributed by atoms with Crippen LogP contribution < -0.4 is 0 Å². The van der Waals surface area contributed by atoms with E-state index < -0.39 is 0 Å². The highest BCUT2D eigenvalue weighted by atomic mass is 16.5. The Hall–Kier alpha value is -0.640. The van der Waals surface area contributed by atoms with Crippen molar-refractivity contribution in [2.24, 2.45) is 0 Å². The van der Waals surface area contributed by atoms with Crippen LogP contribution in [-0.4, -0.2) is 35.6 Å². The molecule has 0 bridgehead atoms. The molecule has 0 amide bonds. The molecule has 0 fully saturated rings. The normalized spacial score (nSPS) is 13.5. The highest BCUT2D eigenvalue weighted by Crippen LogP contribution is 2.23. The molecule has 0 radical (unpaired) electrons. The van der Waals surface area contributed by atoms with Crippen LogP contribution in [0.3, 0.4) is 0 Å². The summed E-state index contributed by atoms with van der Waals surface area (Å²) in [6, 6.07) is 0. The van der Waals surface area contributed by atoms with Gasteiger partial charge in [-0.3, -0.25) is 0 Å². The maximum absolute atomic E-state index is 9.01. The smallest absolute Gasteiger partial charge is 0.0612 e. The second kappa shape index (κ2) is 37.5. The fraction of sp³-hybridized carbons (Fsp3) is 0.900. The number of ether oxygens (including phenoxy) is 1. The molecule has 256 valence electrons. The molecule has 0 saturated heterocycles. The number of rotatable bonds is 36. The molecular weight excluding hydrogens is 528 g/mol. The van der Waals surface area contributed by atoms with E-state index in [1.807, 2.05) is 12.2 Å². The van der Waals surface area contributed by atoms with Gasteiger partial charge in [-0.1, -0.05) is 179 Å². The van der Waals surface area contributed by atoms with Crippen molar-refractivity contribution in [2.75, 3.05) is 13.2 Å². The van der Waals surface area contributed by atoms with Gasteiger partial charge in [0.25, 0.3) is 0 Å². The van der Waals surface area contributed by atoms with Gasteiger partial charge < -0.3 is 14.9 Å². The molecule has 3 nitrogen and oxygen atoms in total. The van der Waals surface area contributed by atoms with Crippen LogP contribution in [0.25, 0.3) is 0 Å². The largest absolute Gasteiger partial charge is 0.392 e. The Morgan fingerprint density at radius 1 is 0.372 bits per heavy atom. The molecule has 0 aromatic heterocycles. The third kappa shape index (κ3) is 34.1. The molecule has 0 aliphatic heterocycles. The maximum Gasteiger partial charge on any atom is 0.0612 e. The number of hydrogen-bond acceptors (Lipinski definition) is 3. The maximum atomic E-state index is 9.01. The number of aliphatic hydroxyl groups is 2. The minimum absolute atomic E-state index is 0.154. The van der Waals surface area contributed by atoms with E-state index in [9.17, 15) is 0 Å². The Labute approximate surface area is 270 Å². The number of aliphatic hydroxyl groups excluding tert-OH is 2. The number of unbranched alkanes of at least 4 members (excludes halogenated alkanes) is 22. The van der Waals surface area contributed by atoms with E-state index in [4.69, 9.17) is 14.9 Å². The van der Waals surface area contributed by atoms with E-state index in [2.05, 4.69) is 26.0 Å². The molecule has 0 spiro atoms. The first-order valence-electron chi connectivity index (χ1n) is 19.5. The van der Waals surface area contributed by atoms with E-state index in [-0.39, 0.29) is 13.2 Å². The van der Waals surface area contributed by atoms with Crippen LogP contribution in [0.2, 0.25) is 0 Å². The standard InChI is InChI=1S/C40H78O3/c1-3-5-7-9-11-13-15-17-21-27-33-39(35-29-23-19-25-31-37-41)43-40(36-30-24-20-26-32-38-42)34-28-22-18-16-14-12-10-8-6-4-2/h25-26,31-32,39-42H,3-24,27-30,33-38H2,1-2H3. The van der Waals surface area contributed by atoms with E-state index in [0.717, 1.165) is 12.8 Å². The van der Waals surface area contributed by atoms with Crippen molar-refractivity contribution >= 4 is 0 Å². The summed E-state index contributed by atoms with van der Waals surface area (Å²) < 4.78 is 6.96. The molecule has 0 saturated carbocycles. The first-order chi connectivity index (χ1) is 21.3. The summed E-state index contributed by atoms with van der Waals surface area (Å²) >= 11 is 0. The second-order valence-electron chi connectivity index (χ2n) is 13.2. The van der Waals surface area contributed by atoms with Crippen molar-refractivity contribution in [3.63, 3.8) is 0 Å². The van der Waals surface area contributed by atoms with Gasteiger partial charge in [0, 0.05) is 0 Å².